The van der Waals surface area contributed by atoms with Crippen molar-refractivity contribution in [2.45, 2.75) is 44.8 Å². The molecule has 2 atom stereocenters. The van der Waals surface area contributed by atoms with Crippen molar-refractivity contribution in [2.75, 3.05) is 6.54 Å². The van der Waals surface area contributed by atoms with Crippen LogP contribution in [-0.2, 0) is 6.54 Å². The summed E-state index contributed by atoms with van der Waals surface area (Å²) in [5.41, 5.74) is 6.98. The average Bonchev–Trinajstić information content (AvgIpc) is 2.41. The summed E-state index contributed by atoms with van der Waals surface area (Å²) in [5, 5.41) is 11.2. The van der Waals surface area contributed by atoms with Gasteiger partial charge in [0, 0.05) is 34.7 Å². The molecule has 1 saturated heterocycles. The molecule has 6 heteroatoms. The summed E-state index contributed by atoms with van der Waals surface area (Å²) >= 11 is 3.29. The first-order valence-electron chi connectivity index (χ1n) is 6.91. The summed E-state index contributed by atoms with van der Waals surface area (Å²) in [6, 6.07) is 5.65. The standard InChI is InChI=1S/C14H20BrN3O2/c1-10(16)13-4-2-3-7-17(13)9-11-5-6-12(15)8-14(11)18(19)20/h5-6,8,10,13H,2-4,7,9,16H2,1H3. The highest BCUT2D eigenvalue weighted by Crippen LogP contribution is 2.28. The van der Waals surface area contributed by atoms with Crippen LogP contribution in [0.5, 0.6) is 0 Å². The van der Waals surface area contributed by atoms with E-state index in [1.807, 2.05) is 19.1 Å². The van der Waals surface area contributed by atoms with Gasteiger partial charge in [-0.2, -0.15) is 0 Å². The molecule has 2 N–H and O–H groups in total. The third-order valence-corrected chi connectivity index (χ3v) is 4.38. The lowest BCUT2D eigenvalue weighted by Crippen LogP contribution is -2.48. The van der Waals surface area contributed by atoms with Crippen molar-refractivity contribution in [3.05, 3.63) is 38.3 Å². The van der Waals surface area contributed by atoms with E-state index >= 15 is 0 Å². The zero-order chi connectivity index (χ0) is 14.7. The number of nitrogens with zero attached hydrogens (tertiary/aromatic N) is 2. The van der Waals surface area contributed by atoms with Crippen molar-refractivity contribution in [2.24, 2.45) is 5.73 Å². The first kappa shape index (κ1) is 15.4. The number of nitrogens with two attached hydrogens (primary N) is 1. The van der Waals surface area contributed by atoms with Crippen molar-refractivity contribution in [1.82, 2.24) is 4.90 Å². The Morgan fingerprint density at radius 3 is 2.95 bits per heavy atom. The van der Waals surface area contributed by atoms with E-state index in [0.717, 1.165) is 29.4 Å². The fourth-order valence-electron chi connectivity index (χ4n) is 2.87. The summed E-state index contributed by atoms with van der Waals surface area (Å²) in [6.07, 6.45) is 3.39. The van der Waals surface area contributed by atoms with Crippen LogP contribution in [0.2, 0.25) is 0 Å². The summed E-state index contributed by atoms with van der Waals surface area (Å²) in [5.74, 6) is 0. The molecule has 1 fully saturated rings. The van der Waals surface area contributed by atoms with Crippen molar-refractivity contribution in [3.63, 3.8) is 0 Å². The predicted octanol–water partition coefficient (Wildman–Crippen LogP) is 3.06. The zero-order valence-corrected chi connectivity index (χ0v) is 13.2. The van der Waals surface area contributed by atoms with E-state index in [1.165, 1.54) is 6.42 Å². The fraction of sp³-hybridized carbons (Fsp3) is 0.571. The van der Waals surface area contributed by atoms with E-state index in [0.29, 0.717) is 12.6 Å². The minimum atomic E-state index is -0.315. The van der Waals surface area contributed by atoms with Gasteiger partial charge in [-0.05, 0) is 38.4 Å². The van der Waals surface area contributed by atoms with Crippen LogP contribution >= 0.6 is 15.9 Å². The molecule has 0 bridgehead atoms. The molecular formula is C14H20BrN3O2. The molecule has 0 aromatic heterocycles. The highest BCUT2D eigenvalue weighted by molar-refractivity contribution is 9.10. The van der Waals surface area contributed by atoms with Gasteiger partial charge in [0.05, 0.1) is 4.92 Å². The number of benzene rings is 1. The molecule has 1 aromatic rings. The SMILES string of the molecule is CC(N)C1CCCCN1Cc1ccc(Br)cc1[N+](=O)[O-]. The number of nitro groups is 1. The van der Waals surface area contributed by atoms with Crippen LogP contribution in [-0.4, -0.2) is 28.5 Å². The van der Waals surface area contributed by atoms with Gasteiger partial charge in [-0.25, -0.2) is 0 Å². The van der Waals surface area contributed by atoms with Crippen LogP contribution < -0.4 is 5.73 Å². The molecule has 5 nitrogen and oxygen atoms in total. The van der Waals surface area contributed by atoms with Gasteiger partial charge in [-0.15, -0.1) is 0 Å². The highest BCUT2D eigenvalue weighted by Gasteiger charge is 2.27. The Balaban J connectivity index is 2.22. The molecule has 0 radical (unpaired) electrons. The van der Waals surface area contributed by atoms with E-state index < -0.39 is 0 Å². The van der Waals surface area contributed by atoms with E-state index in [1.54, 1.807) is 6.07 Å². The lowest BCUT2D eigenvalue weighted by molar-refractivity contribution is -0.385. The molecule has 20 heavy (non-hydrogen) atoms. The maximum atomic E-state index is 11.2. The van der Waals surface area contributed by atoms with Crippen molar-refractivity contribution >= 4 is 21.6 Å². The van der Waals surface area contributed by atoms with Crippen LogP contribution in [0.25, 0.3) is 0 Å². The molecule has 1 aromatic carbocycles. The maximum Gasteiger partial charge on any atom is 0.275 e. The summed E-state index contributed by atoms with van der Waals surface area (Å²) in [6.45, 7) is 3.56. The minimum absolute atomic E-state index is 0.0878. The van der Waals surface area contributed by atoms with Crippen LogP contribution in [0, 0.1) is 10.1 Å². The van der Waals surface area contributed by atoms with Gasteiger partial charge >= 0.3 is 0 Å². The number of nitro benzene ring substituents is 1. The van der Waals surface area contributed by atoms with Crippen molar-refractivity contribution in [1.29, 1.82) is 0 Å². The quantitative estimate of drug-likeness (QED) is 0.674. The Kier molecular flexibility index (Phi) is 5.12. The number of hydrogen-bond donors (Lipinski definition) is 1. The molecule has 2 unspecified atom stereocenters. The molecule has 0 spiro atoms. The fourth-order valence-corrected chi connectivity index (χ4v) is 3.22. The maximum absolute atomic E-state index is 11.2. The Hall–Kier alpha value is -0.980. The first-order valence-corrected chi connectivity index (χ1v) is 7.71. The van der Waals surface area contributed by atoms with Gasteiger partial charge in [0.1, 0.15) is 0 Å². The second-order valence-electron chi connectivity index (χ2n) is 5.42. The van der Waals surface area contributed by atoms with Crippen LogP contribution in [0.1, 0.15) is 31.7 Å². The molecule has 0 aliphatic carbocycles. The highest BCUT2D eigenvalue weighted by atomic mass is 79.9. The monoisotopic (exact) mass is 341 g/mol. The van der Waals surface area contributed by atoms with Gasteiger partial charge in [0.2, 0.25) is 0 Å². The van der Waals surface area contributed by atoms with Crippen LogP contribution in [0.15, 0.2) is 22.7 Å². The second-order valence-corrected chi connectivity index (χ2v) is 6.34. The van der Waals surface area contributed by atoms with Gasteiger partial charge in [0.15, 0.2) is 0 Å². The number of likely N-dealkylation sites (tertiary alicyclic amines) is 1. The van der Waals surface area contributed by atoms with Gasteiger partial charge < -0.3 is 5.73 Å². The smallest absolute Gasteiger partial charge is 0.275 e. The van der Waals surface area contributed by atoms with E-state index in [9.17, 15) is 10.1 Å². The van der Waals surface area contributed by atoms with Gasteiger partial charge in [-0.3, -0.25) is 15.0 Å². The van der Waals surface area contributed by atoms with Crippen molar-refractivity contribution in [3.8, 4) is 0 Å². The molecular weight excluding hydrogens is 322 g/mol. The number of hydrogen-bond acceptors (Lipinski definition) is 4. The largest absolute Gasteiger partial charge is 0.327 e. The number of piperidine rings is 1. The summed E-state index contributed by atoms with van der Waals surface area (Å²) in [7, 11) is 0. The molecule has 1 heterocycles. The third-order valence-electron chi connectivity index (χ3n) is 3.89. The minimum Gasteiger partial charge on any atom is -0.327 e. The van der Waals surface area contributed by atoms with E-state index in [-0.39, 0.29) is 16.7 Å². The van der Waals surface area contributed by atoms with E-state index in [4.69, 9.17) is 5.73 Å². The van der Waals surface area contributed by atoms with Gasteiger partial charge in [-0.1, -0.05) is 22.4 Å². The lowest BCUT2D eigenvalue weighted by atomic mass is 9.96. The molecule has 0 amide bonds. The molecule has 1 aliphatic rings. The third kappa shape index (κ3) is 3.56. The topological polar surface area (TPSA) is 72.4 Å². The van der Waals surface area contributed by atoms with E-state index in [2.05, 4.69) is 20.8 Å². The first-order chi connectivity index (χ1) is 9.49. The molecule has 2 rings (SSSR count). The summed E-state index contributed by atoms with van der Waals surface area (Å²) < 4.78 is 0.732. The van der Waals surface area contributed by atoms with Crippen LogP contribution in [0.4, 0.5) is 5.69 Å². The zero-order valence-electron chi connectivity index (χ0n) is 11.6. The molecule has 1 aliphatic heterocycles. The van der Waals surface area contributed by atoms with Crippen molar-refractivity contribution < 1.29 is 4.92 Å². The lowest BCUT2D eigenvalue weighted by Gasteiger charge is -2.37. The number of halogens is 1. The molecule has 110 valence electrons. The number of rotatable bonds is 4. The normalized spacial score (nSPS) is 21.6. The predicted molar refractivity (Wildman–Crippen MR) is 82.5 cm³/mol. The Labute approximate surface area is 127 Å². The average molecular weight is 342 g/mol. The molecule has 0 saturated carbocycles. The Morgan fingerprint density at radius 2 is 2.30 bits per heavy atom. The Morgan fingerprint density at radius 1 is 1.55 bits per heavy atom. The Bertz CT molecular complexity index is 493. The second kappa shape index (κ2) is 6.65. The summed E-state index contributed by atoms with van der Waals surface area (Å²) in [4.78, 5) is 13.1. The van der Waals surface area contributed by atoms with Gasteiger partial charge in [0.25, 0.3) is 5.69 Å². The van der Waals surface area contributed by atoms with Crippen LogP contribution in [0.3, 0.4) is 0 Å².